The first-order valence-electron chi connectivity index (χ1n) is 5.92. The van der Waals surface area contributed by atoms with Gasteiger partial charge in [-0.2, -0.15) is 0 Å². The first-order valence-corrected chi connectivity index (χ1v) is 5.92. The molecule has 2 rings (SSSR count). The van der Waals surface area contributed by atoms with Gasteiger partial charge in [0.25, 0.3) is 0 Å². The molecule has 0 aliphatic heterocycles. The molecule has 0 bridgehead atoms. The Balaban J connectivity index is 2.32. The Hall–Kier alpha value is -2.16. The largest absolute Gasteiger partial charge is 0.461 e. The molecule has 0 N–H and O–H groups in total. The van der Waals surface area contributed by atoms with Crippen molar-refractivity contribution in [3.8, 4) is 11.3 Å². The second-order valence-electron chi connectivity index (χ2n) is 3.99. The van der Waals surface area contributed by atoms with E-state index < -0.39 is 0 Å². The monoisotopic (exact) mass is 241 g/mol. The molecule has 0 aliphatic carbocycles. The Morgan fingerprint density at radius 3 is 2.56 bits per heavy atom. The second kappa shape index (κ2) is 5.45. The number of hydrogen-bond donors (Lipinski definition) is 0. The third-order valence-electron chi connectivity index (χ3n) is 2.58. The van der Waals surface area contributed by atoms with Crippen molar-refractivity contribution in [3.05, 3.63) is 53.7 Å². The summed E-state index contributed by atoms with van der Waals surface area (Å²) >= 11 is 0. The summed E-state index contributed by atoms with van der Waals surface area (Å²) in [5.41, 5.74) is 3.31. The topological polar surface area (TPSA) is 39.2 Å². The quantitative estimate of drug-likeness (QED) is 0.774. The van der Waals surface area contributed by atoms with Crippen LogP contribution >= 0.6 is 0 Å². The maximum atomic E-state index is 11.6. The van der Waals surface area contributed by atoms with Gasteiger partial charge in [0.05, 0.1) is 12.3 Å². The normalized spacial score (nSPS) is 10.1. The van der Waals surface area contributed by atoms with Crippen LogP contribution in [-0.2, 0) is 4.74 Å². The third-order valence-corrected chi connectivity index (χ3v) is 2.58. The van der Waals surface area contributed by atoms with Gasteiger partial charge in [-0.05, 0) is 26.0 Å². The van der Waals surface area contributed by atoms with E-state index in [1.807, 2.05) is 43.3 Å². The fourth-order valence-electron chi connectivity index (χ4n) is 1.64. The van der Waals surface area contributed by atoms with Crippen molar-refractivity contribution in [2.45, 2.75) is 13.8 Å². The van der Waals surface area contributed by atoms with Crippen molar-refractivity contribution in [2.24, 2.45) is 0 Å². The minimum atomic E-state index is -0.383. The molecule has 0 aliphatic rings. The molecule has 3 heteroatoms. The van der Waals surface area contributed by atoms with Crippen LogP contribution in [0, 0.1) is 6.92 Å². The van der Waals surface area contributed by atoms with E-state index in [-0.39, 0.29) is 5.97 Å². The Morgan fingerprint density at radius 2 is 1.89 bits per heavy atom. The number of nitrogens with zero attached hydrogens (tertiary/aromatic N) is 1. The number of hydrogen-bond acceptors (Lipinski definition) is 3. The Morgan fingerprint density at radius 1 is 1.17 bits per heavy atom. The van der Waals surface area contributed by atoms with Gasteiger partial charge in [-0.3, -0.25) is 0 Å². The minimum absolute atomic E-state index is 0.343. The van der Waals surface area contributed by atoms with Gasteiger partial charge in [0.15, 0.2) is 0 Å². The van der Waals surface area contributed by atoms with Crippen LogP contribution < -0.4 is 0 Å². The molecule has 3 nitrogen and oxygen atoms in total. The van der Waals surface area contributed by atoms with Crippen LogP contribution in [0.25, 0.3) is 11.3 Å². The number of carbonyl (C=O) groups excluding carboxylic acids is 1. The highest BCUT2D eigenvalue weighted by atomic mass is 16.5. The lowest BCUT2D eigenvalue weighted by Crippen LogP contribution is -2.07. The number of rotatable bonds is 3. The lowest BCUT2D eigenvalue weighted by Gasteiger charge is -2.04. The fraction of sp³-hybridized carbons (Fsp3) is 0.200. The van der Waals surface area contributed by atoms with Crippen LogP contribution in [0.3, 0.4) is 0 Å². The van der Waals surface area contributed by atoms with Gasteiger partial charge in [0.1, 0.15) is 5.69 Å². The summed E-state index contributed by atoms with van der Waals surface area (Å²) < 4.78 is 4.94. The fourth-order valence-corrected chi connectivity index (χ4v) is 1.64. The van der Waals surface area contributed by atoms with Crippen molar-refractivity contribution in [1.82, 2.24) is 4.98 Å². The van der Waals surface area contributed by atoms with Crippen molar-refractivity contribution in [3.63, 3.8) is 0 Å². The molecule has 0 spiro atoms. The molecule has 2 aromatic rings. The van der Waals surface area contributed by atoms with E-state index >= 15 is 0 Å². The van der Waals surface area contributed by atoms with Gasteiger partial charge in [-0.1, -0.05) is 35.9 Å². The lowest BCUT2D eigenvalue weighted by atomic mass is 10.1. The summed E-state index contributed by atoms with van der Waals surface area (Å²) in [6.07, 6.45) is 0. The van der Waals surface area contributed by atoms with Crippen LogP contribution in [0.15, 0.2) is 42.5 Å². The molecule has 18 heavy (non-hydrogen) atoms. The predicted octanol–water partition coefficient (Wildman–Crippen LogP) is 3.23. The highest BCUT2D eigenvalue weighted by Gasteiger charge is 2.09. The Bertz CT molecular complexity index is 547. The van der Waals surface area contributed by atoms with E-state index in [4.69, 9.17) is 4.74 Å². The molecule has 0 unspecified atom stereocenters. The molecule has 92 valence electrons. The summed E-state index contributed by atoms with van der Waals surface area (Å²) in [6.45, 7) is 4.17. The SMILES string of the molecule is CCOC(=O)c1cccc(-c2ccc(C)cc2)n1. The van der Waals surface area contributed by atoms with Gasteiger partial charge in [-0.15, -0.1) is 0 Å². The van der Waals surface area contributed by atoms with Crippen molar-refractivity contribution >= 4 is 5.97 Å². The Labute approximate surface area is 106 Å². The van der Waals surface area contributed by atoms with E-state index in [1.54, 1.807) is 13.0 Å². The van der Waals surface area contributed by atoms with Crippen LogP contribution in [0.2, 0.25) is 0 Å². The number of pyridine rings is 1. The number of aryl methyl sites for hydroxylation is 1. The van der Waals surface area contributed by atoms with E-state index in [0.29, 0.717) is 12.3 Å². The van der Waals surface area contributed by atoms with Gasteiger partial charge in [0, 0.05) is 5.56 Å². The summed E-state index contributed by atoms with van der Waals surface area (Å²) in [7, 11) is 0. The zero-order valence-corrected chi connectivity index (χ0v) is 10.5. The standard InChI is InChI=1S/C15H15NO2/c1-3-18-15(17)14-6-4-5-13(16-14)12-9-7-11(2)8-10-12/h4-10H,3H2,1-2H3. The number of aromatic nitrogens is 1. The van der Waals surface area contributed by atoms with Crippen molar-refractivity contribution in [2.75, 3.05) is 6.61 Å². The Kier molecular flexibility index (Phi) is 3.72. The molecular weight excluding hydrogens is 226 g/mol. The van der Waals surface area contributed by atoms with E-state index in [0.717, 1.165) is 11.3 Å². The van der Waals surface area contributed by atoms with Crippen molar-refractivity contribution in [1.29, 1.82) is 0 Å². The van der Waals surface area contributed by atoms with Gasteiger partial charge < -0.3 is 4.74 Å². The van der Waals surface area contributed by atoms with Crippen molar-refractivity contribution < 1.29 is 9.53 Å². The predicted molar refractivity (Wildman–Crippen MR) is 70.4 cm³/mol. The molecule has 1 aromatic carbocycles. The second-order valence-corrected chi connectivity index (χ2v) is 3.99. The summed E-state index contributed by atoms with van der Waals surface area (Å²) in [5, 5.41) is 0. The molecule has 1 aromatic heterocycles. The zero-order chi connectivity index (χ0) is 13.0. The van der Waals surface area contributed by atoms with E-state index in [1.165, 1.54) is 5.56 Å². The van der Waals surface area contributed by atoms with Crippen LogP contribution in [0.1, 0.15) is 23.0 Å². The minimum Gasteiger partial charge on any atom is -0.461 e. The number of esters is 1. The van der Waals surface area contributed by atoms with E-state index in [9.17, 15) is 4.79 Å². The number of ether oxygens (including phenoxy) is 1. The molecule has 0 atom stereocenters. The maximum absolute atomic E-state index is 11.6. The van der Waals surface area contributed by atoms with Crippen LogP contribution in [-0.4, -0.2) is 17.6 Å². The van der Waals surface area contributed by atoms with Gasteiger partial charge in [-0.25, -0.2) is 9.78 Å². The maximum Gasteiger partial charge on any atom is 0.356 e. The first-order chi connectivity index (χ1) is 8.70. The first kappa shape index (κ1) is 12.3. The molecule has 1 heterocycles. The lowest BCUT2D eigenvalue weighted by molar-refractivity contribution is 0.0519. The number of carbonyl (C=O) groups is 1. The smallest absolute Gasteiger partial charge is 0.356 e. The van der Waals surface area contributed by atoms with Gasteiger partial charge in [0.2, 0.25) is 0 Å². The molecule has 0 amide bonds. The summed E-state index contributed by atoms with van der Waals surface area (Å²) in [5.74, 6) is -0.383. The highest BCUT2D eigenvalue weighted by Crippen LogP contribution is 2.17. The highest BCUT2D eigenvalue weighted by molar-refractivity contribution is 5.87. The molecule has 0 saturated carbocycles. The average molecular weight is 241 g/mol. The summed E-state index contributed by atoms with van der Waals surface area (Å²) in [6, 6.07) is 13.4. The third kappa shape index (κ3) is 2.74. The van der Waals surface area contributed by atoms with E-state index in [2.05, 4.69) is 4.98 Å². The number of benzene rings is 1. The molecule has 0 fully saturated rings. The summed E-state index contributed by atoms with van der Waals surface area (Å²) in [4.78, 5) is 15.9. The molecule has 0 radical (unpaired) electrons. The van der Waals surface area contributed by atoms with Crippen LogP contribution in [0.5, 0.6) is 0 Å². The zero-order valence-electron chi connectivity index (χ0n) is 10.5. The molecular formula is C15H15NO2. The van der Waals surface area contributed by atoms with Crippen LogP contribution in [0.4, 0.5) is 0 Å². The molecule has 0 saturated heterocycles. The van der Waals surface area contributed by atoms with Gasteiger partial charge >= 0.3 is 5.97 Å². The average Bonchev–Trinajstić information content (AvgIpc) is 2.40.